The van der Waals surface area contributed by atoms with E-state index >= 15 is 0 Å². The molecule has 2 rings (SSSR count). The summed E-state index contributed by atoms with van der Waals surface area (Å²) in [5.74, 6) is 0.493. The molecule has 18 heavy (non-hydrogen) atoms. The van der Waals surface area contributed by atoms with Crippen molar-refractivity contribution in [3.8, 4) is 0 Å². The van der Waals surface area contributed by atoms with Gasteiger partial charge in [0.2, 0.25) is 5.91 Å². The van der Waals surface area contributed by atoms with Crippen molar-refractivity contribution in [3.63, 3.8) is 0 Å². The van der Waals surface area contributed by atoms with Gasteiger partial charge in [0, 0.05) is 12.5 Å². The fourth-order valence-electron chi connectivity index (χ4n) is 2.16. The first-order valence-corrected chi connectivity index (χ1v) is 6.76. The monoisotopic (exact) mass is 246 g/mol. The molecule has 1 heterocycles. The van der Waals surface area contributed by atoms with Gasteiger partial charge < -0.3 is 10.6 Å². The number of para-hydroxylation sites is 1. The minimum atomic E-state index is 0.0319. The molecule has 1 amide bonds. The third-order valence-electron chi connectivity index (χ3n) is 3.75. The van der Waals surface area contributed by atoms with E-state index < -0.39 is 0 Å². The van der Waals surface area contributed by atoms with Crippen LogP contribution < -0.4 is 10.6 Å². The smallest absolute Gasteiger partial charge is 0.227 e. The zero-order valence-corrected chi connectivity index (χ0v) is 11.4. The maximum absolute atomic E-state index is 12.1. The molecule has 1 aromatic carbocycles. The van der Waals surface area contributed by atoms with Crippen LogP contribution in [-0.4, -0.2) is 12.5 Å². The van der Waals surface area contributed by atoms with E-state index in [-0.39, 0.29) is 11.8 Å². The molecular weight excluding hydrogens is 224 g/mol. The number of hydrogen-bond donors (Lipinski definition) is 2. The number of aryl methyl sites for hydroxylation is 1. The third kappa shape index (κ3) is 2.66. The summed E-state index contributed by atoms with van der Waals surface area (Å²) in [6, 6.07) is 6.12. The number of anilines is 2. The van der Waals surface area contributed by atoms with Crippen molar-refractivity contribution in [2.75, 3.05) is 17.2 Å². The largest absolute Gasteiger partial charge is 0.383 e. The molecular formula is C15H22N2O. The standard InChI is InChI=1S/C15H22N2O/c1-10(2)11(3)15(18)17-13-8-4-6-12-7-5-9-16-14(12)13/h4,6,8,10-11,16H,5,7,9H2,1-3H3,(H,17,18). The SMILES string of the molecule is CC(C)C(C)C(=O)Nc1cccc2c1NCCC2. The number of amides is 1. The van der Waals surface area contributed by atoms with Crippen LogP contribution in [0.5, 0.6) is 0 Å². The summed E-state index contributed by atoms with van der Waals surface area (Å²) in [6.45, 7) is 7.11. The van der Waals surface area contributed by atoms with Crippen LogP contribution in [0.1, 0.15) is 32.8 Å². The molecule has 3 nitrogen and oxygen atoms in total. The molecule has 0 aliphatic carbocycles. The van der Waals surface area contributed by atoms with Crippen LogP contribution in [-0.2, 0) is 11.2 Å². The van der Waals surface area contributed by atoms with Gasteiger partial charge in [0.05, 0.1) is 11.4 Å². The number of benzene rings is 1. The Morgan fingerprint density at radius 3 is 2.83 bits per heavy atom. The molecule has 1 aromatic rings. The summed E-state index contributed by atoms with van der Waals surface area (Å²) in [5, 5.41) is 6.44. The summed E-state index contributed by atoms with van der Waals surface area (Å²) in [7, 11) is 0. The van der Waals surface area contributed by atoms with Crippen LogP contribution in [0.2, 0.25) is 0 Å². The molecule has 0 saturated heterocycles. The molecule has 98 valence electrons. The van der Waals surface area contributed by atoms with Crippen molar-refractivity contribution in [2.24, 2.45) is 11.8 Å². The molecule has 1 aliphatic heterocycles. The molecule has 0 spiro atoms. The predicted octanol–water partition coefficient (Wildman–Crippen LogP) is 3.28. The Morgan fingerprint density at radius 2 is 2.11 bits per heavy atom. The number of fused-ring (bicyclic) bond motifs is 1. The Bertz CT molecular complexity index is 440. The fraction of sp³-hybridized carbons (Fsp3) is 0.533. The van der Waals surface area contributed by atoms with Crippen LogP contribution in [0, 0.1) is 11.8 Å². The molecule has 2 N–H and O–H groups in total. The van der Waals surface area contributed by atoms with Crippen LogP contribution in [0.15, 0.2) is 18.2 Å². The van der Waals surface area contributed by atoms with Gasteiger partial charge in [-0.15, -0.1) is 0 Å². The van der Waals surface area contributed by atoms with E-state index in [4.69, 9.17) is 0 Å². The molecule has 0 saturated carbocycles. The highest BCUT2D eigenvalue weighted by molar-refractivity contribution is 5.96. The van der Waals surface area contributed by atoms with Crippen molar-refractivity contribution in [1.29, 1.82) is 0 Å². The van der Waals surface area contributed by atoms with E-state index in [9.17, 15) is 4.79 Å². The van der Waals surface area contributed by atoms with Gasteiger partial charge in [-0.3, -0.25) is 4.79 Å². The Labute approximate surface area is 109 Å². The van der Waals surface area contributed by atoms with Crippen molar-refractivity contribution in [3.05, 3.63) is 23.8 Å². The average molecular weight is 246 g/mol. The van der Waals surface area contributed by atoms with Crippen molar-refractivity contribution >= 4 is 17.3 Å². The maximum Gasteiger partial charge on any atom is 0.227 e. The van der Waals surface area contributed by atoms with Crippen molar-refractivity contribution < 1.29 is 4.79 Å². The lowest BCUT2D eigenvalue weighted by Gasteiger charge is -2.23. The van der Waals surface area contributed by atoms with E-state index in [0.29, 0.717) is 5.92 Å². The third-order valence-corrected chi connectivity index (χ3v) is 3.75. The second kappa shape index (κ2) is 5.42. The van der Waals surface area contributed by atoms with Crippen LogP contribution in [0.4, 0.5) is 11.4 Å². The van der Waals surface area contributed by atoms with Gasteiger partial charge in [-0.1, -0.05) is 32.9 Å². The molecule has 3 heteroatoms. The molecule has 0 bridgehead atoms. The second-order valence-electron chi connectivity index (χ2n) is 5.39. The van der Waals surface area contributed by atoms with E-state index in [1.54, 1.807) is 0 Å². The highest BCUT2D eigenvalue weighted by atomic mass is 16.1. The summed E-state index contributed by atoms with van der Waals surface area (Å²) in [6.07, 6.45) is 2.25. The maximum atomic E-state index is 12.1. The highest BCUT2D eigenvalue weighted by Crippen LogP contribution is 2.30. The lowest BCUT2D eigenvalue weighted by Crippen LogP contribution is -2.25. The highest BCUT2D eigenvalue weighted by Gasteiger charge is 2.19. The number of carbonyl (C=O) groups is 1. The summed E-state index contributed by atoms with van der Waals surface area (Å²) >= 11 is 0. The minimum absolute atomic E-state index is 0.0319. The van der Waals surface area contributed by atoms with Gasteiger partial charge in [0.25, 0.3) is 0 Å². The van der Waals surface area contributed by atoms with E-state index in [1.165, 1.54) is 5.56 Å². The van der Waals surface area contributed by atoms with E-state index in [2.05, 4.69) is 30.5 Å². The lowest BCUT2D eigenvalue weighted by molar-refractivity contribution is -0.120. The Kier molecular flexibility index (Phi) is 3.90. The van der Waals surface area contributed by atoms with Gasteiger partial charge in [0.1, 0.15) is 0 Å². The van der Waals surface area contributed by atoms with E-state index in [1.807, 2.05) is 19.1 Å². The van der Waals surface area contributed by atoms with Gasteiger partial charge in [-0.2, -0.15) is 0 Å². The number of carbonyl (C=O) groups excluding carboxylic acids is 1. The van der Waals surface area contributed by atoms with Crippen molar-refractivity contribution in [2.45, 2.75) is 33.6 Å². The van der Waals surface area contributed by atoms with Gasteiger partial charge in [-0.05, 0) is 30.4 Å². The Morgan fingerprint density at radius 1 is 1.33 bits per heavy atom. The van der Waals surface area contributed by atoms with E-state index in [0.717, 1.165) is 30.8 Å². The quantitative estimate of drug-likeness (QED) is 0.859. The minimum Gasteiger partial charge on any atom is -0.383 e. The molecule has 1 atom stereocenters. The predicted molar refractivity (Wildman–Crippen MR) is 75.9 cm³/mol. The van der Waals surface area contributed by atoms with Crippen LogP contribution in [0.25, 0.3) is 0 Å². The summed E-state index contributed by atoms with van der Waals surface area (Å²) in [5.41, 5.74) is 3.33. The van der Waals surface area contributed by atoms with Gasteiger partial charge in [-0.25, -0.2) is 0 Å². The number of hydrogen-bond acceptors (Lipinski definition) is 2. The molecule has 0 aromatic heterocycles. The first-order valence-electron chi connectivity index (χ1n) is 6.76. The second-order valence-corrected chi connectivity index (χ2v) is 5.39. The average Bonchev–Trinajstić information content (AvgIpc) is 2.38. The first-order chi connectivity index (χ1) is 8.59. The zero-order valence-electron chi connectivity index (χ0n) is 11.4. The Hall–Kier alpha value is -1.51. The molecule has 1 unspecified atom stereocenters. The van der Waals surface area contributed by atoms with Crippen LogP contribution in [0.3, 0.4) is 0 Å². The fourth-order valence-corrected chi connectivity index (χ4v) is 2.16. The Balaban J connectivity index is 2.17. The lowest BCUT2D eigenvalue weighted by atomic mass is 9.96. The van der Waals surface area contributed by atoms with Crippen LogP contribution >= 0.6 is 0 Å². The molecule has 0 fully saturated rings. The molecule has 1 aliphatic rings. The number of nitrogens with one attached hydrogen (secondary N) is 2. The summed E-state index contributed by atoms with van der Waals surface area (Å²) < 4.78 is 0. The summed E-state index contributed by atoms with van der Waals surface area (Å²) in [4.78, 5) is 12.1. The van der Waals surface area contributed by atoms with Gasteiger partial charge >= 0.3 is 0 Å². The zero-order chi connectivity index (χ0) is 13.1. The first kappa shape index (κ1) is 12.9. The number of rotatable bonds is 3. The van der Waals surface area contributed by atoms with Crippen molar-refractivity contribution in [1.82, 2.24) is 0 Å². The molecule has 0 radical (unpaired) electrons. The normalized spacial score (nSPS) is 15.8. The van der Waals surface area contributed by atoms with Gasteiger partial charge in [0.15, 0.2) is 0 Å². The topological polar surface area (TPSA) is 41.1 Å².